The number of hydrogen-bond donors (Lipinski definition) is 0. The molecule has 0 bridgehead atoms. The van der Waals surface area contributed by atoms with Crippen molar-refractivity contribution in [3.63, 3.8) is 0 Å². The van der Waals surface area contributed by atoms with Gasteiger partial charge in [-0.2, -0.15) is 0 Å². The van der Waals surface area contributed by atoms with Crippen LogP contribution >= 0.6 is 0 Å². The Kier molecular flexibility index (Phi) is 6.72. The number of nitrogens with zero attached hydrogens (tertiary/aromatic N) is 1. The van der Waals surface area contributed by atoms with Crippen molar-refractivity contribution in [2.45, 2.75) is 13.8 Å². The molecule has 0 aromatic rings. The van der Waals surface area contributed by atoms with Gasteiger partial charge in [0.2, 0.25) is 0 Å². The van der Waals surface area contributed by atoms with Crippen LogP contribution in [0.25, 0.3) is 0 Å². The van der Waals surface area contributed by atoms with E-state index in [2.05, 4.69) is 27.0 Å². The van der Waals surface area contributed by atoms with Crippen molar-refractivity contribution >= 4 is 0 Å². The number of rotatable bonds is 4. The number of likely N-dealkylation sites (N-methyl/N-ethyl adjacent to an activating group) is 1. The summed E-state index contributed by atoms with van der Waals surface area (Å²) in [6, 6.07) is 0. The molecule has 0 atom stereocenters. The van der Waals surface area contributed by atoms with E-state index in [1.165, 1.54) is 0 Å². The Balaban J connectivity index is 0.00000169. The average molecular weight is 313 g/mol. The minimum absolute atomic E-state index is 0. The molecule has 0 aromatic carbocycles. The van der Waals surface area contributed by atoms with Crippen molar-refractivity contribution in [2.75, 3.05) is 40.1 Å². The summed E-state index contributed by atoms with van der Waals surface area (Å²) in [5.41, 5.74) is 0. The molecule has 0 spiro atoms. The average Bonchev–Trinajstić information content (AvgIpc) is 2.67. The van der Waals surface area contributed by atoms with Crippen molar-refractivity contribution in [1.82, 2.24) is 0 Å². The summed E-state index contributed by atoms with van der Waals surface area (Å²) in [6.45, 7) is 8.84. The van der Waals surface area contributed by atoms with E-state index in [9.17, 15) is 0 Å². The minimum atomic E-state index is 0. The molecule has 3 nitrogen and oxygen atoms in total. The van der Waals surface area contributed by atoms with Gasteiger partial charge in [0.25, 0.3) is 0 Å². The fourth-order valence-corrected chi connectivity index (χ4v) is 1.22. The molecule has 0 aromatic heterocycles. The standard InChI is InChI=1S/C10H20NO2.HI/c1-4-11(3,5-2)7-6-10-8-12-9-13-10;/h6H,4-5,7-9H2,1-3H3;1H/q+1;/p-1. The van der Waals surface area contributed by atoms with Crippen LogP contribution in [0, 0.1) is 0 Å². The smallest absolute Gasteiger partial charge is 0.189 e. The molecule has 1 aliphatic heterocycles. The Labute approximate surface area is 104 Å². The molecule has 1 aliphatic rings. The number of halogens is 1. The van der Waals surface area contributed by atoms with Crippen molar-refractivity contribution < 1.29 is 37.9 Å². The summed E-state index contributed by atoms with van der Waals surface area (Å²) in [4.78, 5) is 0. The van der Waals surface area contributed by atoms with Crippen LogP contribution in [0.5, 0.6) is 0 Å². The summed E-state index contributed by atoms with van der Waals surface area (Å²) in [5.74, 6) is 0.992. The van der Waals surface area contributed by atoms with E-state index in [0.717, 1.165) is 29.9 Å². The first-order chi connectivity index (χ1) is 6.20. The quantitative estimate of drug-likeness (QED) is 0.458. The van der Waals surface area contributed by atoms with Gasteiger partial charge in [0.15, 0.2) is 6.79 Å². The van der Waals surface area contributed by atoms with Gasteiger partial charge in [0, 0.05) is 6.08 Å². The third-order valence-electron chi connectivity index (χ3n) is 2.86. The third kappa shape index (κ3) is 4.14. The molecule has 0 N–H and O–H groups in total. The van der Waals surface area contributed by atoms with Gasteiger partial charge in [0.05, 0.1) is 20.1 Å². The molecule has 1 saturated heterocycles. The van der Waals surface area contributed by atoms with Crippen molar-refractivity contribution in [3.05, 3.63) is 11.8 Å². The zero-order chi connectivity index (χ0) is 9.73. The second kappa shape index (κ2) is 6.63. The predicted octanol–water partition coefficient (Wildman–Crippen LogP) is -1.63. The van der Waals surface area contributed by atoms with Gasteiger partial charge >= 0.3 is 0 Å². The molecular formula is C10H20INO2. The lowest BCUT2D eigenvalue weighted by Crippen LogP contribution is -3.00. The lowest BCUT2D eigenvalue weighted by Gasteiger charge is -2.30. The Hall–Kier alpha value is 0.190. The highest BCUT2D eigenvalue weighted by molar-refractivity contribution is 4.95. The Morgan fingerprint density at radius 2 is 2.00 bits per heavy atom. The maximum atomic E-state index is 5.27. The first-order valence-electron chi connectivity index (χ1n) is 4.93. The number of hydrogen-bond acceptors (Lipinski definition) is 2. The second-order valence-corrected chi connectivity index (χ2v) is 3.72. The SMILES string of the molecule is CC[N+](C)(CC)CC=C1COCO1.[I-]. The number of quaternary nitrogens is 1. The predicted molar refractivity (Wildman–Crippen MR) is 52.1 cm³/mol. The normalized spacial score (nSPS) is 19.2. The van der Waals surface area contributed by atoms with Gasteiger partial charge < -0.3 is 37.9 Å². The molecule has 1 rings (SSSR count). The van der Waals surface area contributed by atoms with Crippen LogP contribution in [0.4, 0.5) is 0 Å². The minimum Gasteiger partial charge on any atom is -1.00 e. The highest BCUT2D eigenvalue weighted by Crippen LogP contribution is 2.09. The fraction of sp³-hybridized carbons (Fsp3) is 0.800. The fourth-order valence-electron chi connectivity index (χ4n) is 1.22. The van der Waals surface area contributed by atoms with Crippen LogP contribution in [0.3, 0.4) is 0 Å². The molecule has 4 heteroatoms. The molecule has 0 amide bonds. The summed E-state index contributed by atoms with van der Waals surface area (Å²) < 4.78 is 11.4. The highest BCUT2D eigenvalue weighted by Gasteiger charge is 2.16. The number of ether oxygens (including phenoxy) is 2. The van der Waals surface area contributed by atoms with Gasteiger partial charge in [-0.15, -0.1) is 0 Å². The van der Waals surface area contributed by atoms with Gasteiger partial charge in [-0.25, -0.2) is 0 Å². The zero-order valence-electron chi connectivity index (χ0n) is 9.25. The van der Waals surface area contributed by atoms with Gasteiger partial charge in [-0.1, -0.05) is 0 Å². The summed E-state index contributed by atoms with van der Waals surface area (Å²) in [7, 11) is 2.26. The lowest BCUT2D eigenvalue weighted by atomic mass is 10.3. The van der Waals surface area contributed by atoms with Gasteiger partial charge in [-0.05, 0) is 13.8 Å². The lowest BCUT2D eigenvalue weighted by molar-refractivity contribution is -0.900. The molecule has 0 unspecified atom stereocenters. The molecular weight excluding hydrogens is 293 g/mol. The Bertz CT molecular complexity index is 183. The molecule has 1 heterocycles. The summed E-state index contributed by atoms with van der Waals surface area (Å²) in [5, 5.41) is 0. The van der Waals surface area contributed by atoms with E-state index < -0.39 is 0 Å². The monoisotopic (exact) mass is 313 g/mol. The molecule has 0 aliphatic carbocycles. The van der Waals surface area contributed by atoms with Crippen LogP contribution in [0.15, 0.2) is 11.8 Å². The van der Waals surface area contributed by atoms with Gasteiger partial charge in [-0.3, -0.25) is 0 Å². The molecule has 0 radical (unpaired) electrons. The van der Waals surface area contributed by atoms with Crippen molar-refractivity contribution in [2.24, 2.45) is 0 Å². The highest BCUT2D eigenvalue weighted by atomic mass is 127. The maximum absolute atomic E-state index is 5.27. The molecule has 84 valence electrons. The van der Waals surface area contributed by atoms with Crippen LogP contribution in [-0.2, 0) is 9.47 Å². The molecule has 14 heavy (non-hydrogen) atoms. The van der Waals surface area contributed by atoms with E-state index in [1.54, 1.807) is 0 Å². The second-order valence-electron chi connectivity index (χ2n) is 3.72. The van der Waals surface area contributed by atoms with Crippen LogP contribution in [0.2, 0.25) is 0 Å². The van der Waals surface area contributed by atoms with E-state index in [-0.39, 0.29) is 24.0 Å². The van der Waals surface area contributed by atoms with Gasteiger partial charge in [0.1, 0.15) is 18.9 Å². The van der Waals surface area contributed by atoms with E-state index >= 15 is 0 Å². The topological polar surface area (TPSA) is 18.5 Å². The van der Waals surface area contributed by atoms with E-state index in [1.807, 2.05) is 0 Å². The van der Waals surface area contributed by atoms with Crippen LogP contribution < -0.4 is 24.0 Å². The Morgan fingerprint density at radius 3 is 2.43 bits per heavy atom. The molecule has 0 saturated carbocycles. The first kappa shape index (κ1) is 14.2. The van der Waals surface area contributed by atoms with E-state index in [0.29, 0.717) is 13.4 Å². The maximum Gasteiger partial charge on any atom is 0.189 e. The summed E-state index contributed by atoms with van der Waals surface area (Å²) >= 11 is 0. The Morgan fingerprint density at radius 1 is 1.36 bits per heavy atom. The van der Waals surface area contributed by atoms with Crippen LogP contribution in [-0.4, -0.2) is 44.6 Å². The van der Waals surface area contributed by atoms with Crippen LogP contribution in [0.1, 0.15) is 13.8 Å². The van der Waals surface area contributed by atoms with E-state index in [4.69, 9.17) is 9.47 Å². The first-order valence-corrected chi connectivity index (χ1v) is 4.93. The molecule has 1 fully saturated rings. The van der Waals surface area contributed by atoms with Crippen molar-refractivity contribution in [3.8, 4) is 0 Å². The summed E-state index contributed by atoms with van der Waals surface area (Å²) in [6.07, 6.45) is 2.15. The largest absolute Gasteiger partial charge is 1.00 e. The van der Waals surface area contributed by atoms with Crippen molar-refractivity contribution in [1.29, 1.82) is 0 Å². The third-order valence-corrected chi connectivity index (χ3v) is 2.86. The zero-order valence-corrected chi connectivity index (χ0v) is 11.4.